The molecule has 1 aromatic rings. The van der Waals surface area contributed by atoms with Crippen molar-refractivity contribution in [3.63, 3.8) is 0 Å². The molecule has 1 unspecified atom stereocenters. The Bertz CT molecular complexity index is 368. The topological polar surface area (TPSA) is 64.7 Å². The zero-order valence-corrected chi connectivity index (χ0v) is 11.0. The molecule has 1 saturated heterocycles. The molecule has 1 atom stereocenters. The molecular formula is C12H19NO3S. The van der Waals surface area contributed by atoms with Crippen LogP contribution in [0, 0.1) is 5.41 Å². The molecule has 17 heavy (non-hydrogen) atoms. The molecule has 0 radical (unpaired) electrons. The van der Waals surface area contributed by atoms with Gasteiger partial charge in [-0.1, -0.05) is 13.8 Å². The van der Waals surface area contributed by atoms with Gasteiger partial charge < -0.3 is 20.3 Å². The number of hydrogen-bond acceptors (Lipinski definition) is 5. The van der Waals surface area contributed by atoms with Crippen LogP contribution in [0.5, 0.6) is 0 Å². The van der Waals surface area contributed by atoms with Gasteiger partial charge >= 0.3 is 0 Å². The Kier molecular flexibility index (Phi) is 3.85. The third-order valence-corrected chi connectivity index (χ3v) is 3.93. The van der Waals surface area contributed by atoms with Gasteiger partial charge in [0.05, 0.1) is 30.7 Å². The van der Waals surface area contributed by atoms with Gasteiger partial charge in [-0.2, -0.15) is 0 Å². The summed E-state index contributed by atoms with van der Waals surface area (Å²) in [4.78, 5) is 1.97. The first-order valence-corrected chi connectivity index (χ1v) is 6.53. The third-order valence-electron chi connectivity index (χ3n) is 2.69. The Morgan fingerprint density at radius 1 is 1.47 bits per heavy atom. The highest BCUT2D eigenvalue weighted by atomic mass is 32.1. The summed E-state index contributed by atoms with van der Waals surface area (Å²) in [5.74, 6) is 0. The normalized spacial score (nSPS) is 22.6. The second-order valence-electron chi connectivity index (χ2n) is 5.15. The van der Waals surface area contributed by atoms with E-state index in [1.807, 2.05) is 12.1 Å². The summed E-state index contributed by atoms with van der Waals surface area (Å²) in [5, 5.41) is 9.00. The molecular weight excluding hydrogens is 238 g/mol. The predicted molar refractivity (Wildman–Crippen MR) is 66.8 cm³/mol. The van der Waals surface area contributed by atoms with Crippen LogP contribution in [-0.2, 0) is 9.47 Å². The van der Waals surface area contributed by atoms with Crippen molar-refractivity contribution in [1.82, 2.24) is 0 Å². The van der Waals surface area contributed by atoms with E-state index in [1.165, 1.54) is 11.3 Å². The Morgan fingerprint density at radius 2 is 2.12 bits per heavy atom. The van der Waals surface area contributed by atoms with E-state index in [-0.39, 0.29) is 24.4 Å². The van der Waals surface area contributed by atoms with Crippen LogP contribution in [0.25, 0.3) is 0 Å². The summed E-state index contributed by atoms with van der Waals surface area (Å²) in [7, 11) is 0. The van der Waals surface area contributed by atoms with E-state index in [2.05, 4.69) is 13.8 Å². The van der Waals surface area contributed by atoms with Crippen LogP contribution in [0.2, 0.25) is 0 Å². The first kappa shape index (κ1) is 13.0. The van der Waals surface area contributed by atoms with Crippen LogP contribution < -0.4 is 5.73 Å². The lowest BCUT2D eigenvalue weighted by molar-refractivity contribution is -0.224. The number of nitrogens with two attached hydrogens (primary N) is 1. The SMILES string of the molecule is CC1(C)COC(c2ccc(C(N)CO)s2)OC1. The maximum Gasteiger partial charge on any atom is 0.193 e. The third kappa shape index (κ3) is 3.05. The highest BCUT2D eigenvalue weighted by molar-refractivity contribution is 7.12. The highest BCUT2D eigenvalue weighted by Gasteiger charge is 2.30. The molecule has 96 valence electrons. The first-order valence-electron chi connectivity index (χ1n) is 5.71. The van der Waals surface area contributed by atoms with Gasteiger partial charge in [0, 0.05) is 10.3 Å². The van der Waals surface area contributed by atoms with E-state index < -0.39 is 0 Å². The number of aliphatic hydroxyl groups is 1. The van der Waals surface area contributed by atoms with Gasteiger partial charge in [0.2, 0.25) is 0 Å². The maximum absolute atomic E-state index is 9.00. The van der Waals surface area contributed by atoms with Gasteiger partial charge in [0.15, 0.2) is 6.29 Å². The molecule has 2 rings (SSSR count). The second-order valence-corrected chi connectivity index (χ2v) is 6.29. The Morgan fingerprint density at radius 3 is 2.71 bits per heavy atom. The molecule has 0 amide bonds. The van der Waals surface area contributed by atoms with Crippen molar-refractivity contribution in [3.8, 4) is 0 Å². The molecule has 1 aromatic heterocycles. The number of hydrogen-bond donors (Lipinski definition) is 2. The number of rotatable bonds is 3. The molecule has 0 bridgehead atoms. The minimum Gasteiger partial charge on any atom is -0.394 e. The zero-order chi connectivity index (χ0) is 12.5. The highest BCUT2D eigenvalue weighted by Crippen LogP contribution is 2.35. The van der Waals surface area contributed by atoms with Gasteiger partial charge in [0.25, 0.3) is 0 Å². The van der Waals surface area contributed by atoms with Crippen LogP contribution in [0.4, 0.5) is 0 Å². The van der Waals surface area contributed by atoms with E-state index in [0.717, 1.165) is 9.75 Å². The quantitative estimate of drug-likeness (QED) is 0.867. The summed E-state index contributed by atoms with van der Waals surface area (Å²) in [6.07, 6.45) is -0.285. The Balaban J connectivity index is 2.01. The minimum absolute atomic E-state index is 0.0423. The minimum atomic E-state index is -0.311. The van der Waals surface area contributed by atoms with Crippen LogP contribution in [0.3, 0.4) is 0 Å². The summed E-state index contributed by atoms with van der Waals surface area (Å²) in [6, 6.07) is 3.57. The summed E-state index contributed by atoms with van der Waals surface area (Å²) in [6.45, 7) is 5.57. The van der Waals surface area contributed by atoms with E-state index in [4.69, 9.17) is 20.3 Å². The maximum atomic E-state index is 9.00. The average Bonchev–Trinajstić information content (AvgIpc) is 2.77. The Hall–Kier alpha value is -0.460. The number of thiophene rings is 1. The van der Waals surface area contributed by atoms with Gasteiger partial charge in [-0.15, -0.1) is 11.3 Å². The zero-order valence-electron chi connectivity index (χ0n) is 10.2. The van der Waals surface area contributed by atoms with Gasteiger partial charge in [-0.3, -0.25) is 0 Å². The fourth-order valence-corrected chi connectivity index (χ4v) is 2.64. The lowest BCUT2D eigenvalue weighted by atomic mass is 9.96. The molecule has 1 aliphatic rings. The van der Waals surface area contributed by atoms with Crippen molar-refractivity contribution in [2.24, 2.45) is 11.1 Å². The van der Waals surface area contributed by atoms with Crippen molar-refractivity contribution < 1.29 is 14.6 Å². The summed E-state index contributed by atoms with van der Waals surface area (Å²) in [5.41, 5.74) is 5.84. The van der Waals surface area contributed by atoms with Crippen molar-refractivity contribution in [1.29, 1.82) is 0 Å². The standard InChI is InChI=1S/C12H19NO3S/c1-12(2)6-15-11(16-7-12)10-4-3-9(17-10)8(13)5-14/h3-4,8,11,14H,5-7,13H2,1-2H3. The van der Waals surface area contributed by atoms with Crippen molar-refractivity contribution in [3.05, 3.63) is 21.9 Å². The molecule has 0 spiro atoms. The lowest BCUT2D eigenvalue weighted by Crippen LogP contribution is -2.33. The monoisotopic (exact) mass is 257 g/mol. The van der Waals surface area contributed by atoms with Gasteiger partial charge in [-0.05, 0) is 12.1 Å². The molecule has 1 fully saturated rings. The molecule has 2 heterocycles. The molecule has 3 N–H and O–H groups in total. The summed E-state index contributed by atoms with van der Waals surface area (Å²) < 4.78 is 11.4. The smallest absolute Gasteiger partial charge is 0.193 e. The second kappa shape index (κ2) is 5.04. The summed E-state index contributed by atoms with van der Waals surface area (Å²) >= 11 is 1.54. The van der Waals surface area contributed by atoms with E-state index >= 15 is 0 Å². The van der Waals surface area contributed by atoms with Crippen LogP contribution in [-0.4, -0.2) is 24.9 Å². The number of ether oxygens (including phenoxy) is 2. The van der Waals surface area contributed by atoms with Crippen LogP contribution in [0.15, 0.2) is 12.1 Å². The molecule has 4 nitrogen and oxygen atoms in total. The Labute approximate surface area is 105 Å². The van der Waals surface area contributed by atoms with Crippen molar-refractivity contribution in [2.75, 3.05) is 19.8 Å². The molecule has 5 heteroatoms. The fraction of sp³-hybridized carbons (Fsp3) is 0.667. The average molecular weight is 257 g/mol. The van der Waals surface area contributed by atoms with E-state index in [1.54, 1.807) is 0 Å². The van der Waals surface area contributed by atoms with E-state index in [9.17, 15) is 0 Å². The van der Waals surface area contributed by atoms with E-state index in [0.29, 0.717) is 13.2 Å². The van der Waals surface area contributed by atoms with Crippen molar-refractivity contribution >= 4 is 11.3 Å². The predicted octanol–water partition coefficient (Wildman–Crippen LogP) is 1.81. The molecule has 1 aliphatic heterocycles. The lowest BCUT2D eigenvalue weighted by Gasteiger charge is -2.34. The van der Waals surface area contributed by atoms with Crippen molar-refractivity contribution in [2.45, 2.75) is 26.2 Å². The van der Waals surface area contributed by atoms with Crippen LogP contribution >= 0.6 is 11.3 Å². The first-order chi connectivity index (χ1) is 8.02. The molecule has 0 aromatic carbocycles. The number of aliphatic hydroxyl groups excluding tert-OH is 1. The molecule has 0 aliphatic carbocycles. The van der Waals surface area contributed by atoms with Gasteiger partial charge in [0.1, 0.15) is 0 Å². The molecule has 0 saturated carbocycles. The largest absolute Gasteiger partial charge is 0.394 e. The van der Waals surface area contributed by atoms with Gasteiger partial charge in [-0.25, -0.2) is 0 Å². The fourth-order valence-electron chi connectivity index (χ4n) is 1.64. The van der Waals surface area contributed by atoms with Crippen LogP contribution in [0.1, 0.15) is 35.9 Å².